The maximum absolute atomic E-state index is 13.4. The van der Waals surface area contributed by atoms with E-state index in [2.05, 4.69) is 39.2 Å². The van der Waals surface area contributed by atoms with Gasteiger partial charge in [-0.2, -0.15) is 5.10 Å². The van der Waals surface area contributed by atoms with Crippen molar-refractivity contribution in [3.63, 3.8) is 0 Å². The van der Waals surface area contributed by atoms with Gasteiger partial charge in [-0.15, -0.1) is 0 Å². The van der Waals surface area contributed by atoms with Crippen molar-refractivity contribution in [2.45, 2.75) is 11.7 Å². The van der Waals surface area contributed by atoms with Crippen molar-refractivity contribution in [1.29, 1.82) is 0 Å². The molecule has 0 spiro atoms. The van der Waals surface area contributed by atoms with E-state index in [1.807, 2.05) is 4.68 Å². The second kappa shape index (κ2) is 6.48. The van der Waals surface area contributed by atoms with E-state index in [0.717, 1.165) is 15.0 Å². The maximum Gasteiger partial charge on any atom is 0.190 e. The molecule has 118 valence electrons. The maximum atomic E-state index is 13.4. The molecule has 0 radical (unpaired) electrons. The third kappa shape index (κ3) is 2.83. The van der Waals surface area contributed by atoms with E-state index < -0.39 is 14.7 Å². The Morgan fingerprint density at radius 3 is 1.78 bits per heavy atom. The van der Waals surface area contributed by atoms with Crippen LogP contribution in [0.4, 0.5) is 8.78 Å². The van der Waals surface area contributed by atoms with Gasteiger partial charge in [-0.25, -0.2) is 18.4 Å². The highest BCUT2D eigenvalue weighted by atomic mass is 127. The monoisotopic (exact) mass is 441 g/mol. The Morgan fingerprint density at radius 1 is 0.957 bits per heavy atom. The quantitative estimate of drug-likeness (QED) is 0.460. The molecule has 3 nitrogen and oxygen atoms in total. The summed E-state index contributed by atoms with van der Waals surface area (Å²) in [4.78, 5) is 4.23. The SMILES string of the molecule is C[SiH2]C(c1ccc(F)cc1)(c1ccc(F)cc1)n1ncnc1I. The predicted molar refractivity (Wildman–Crippen MR) is 96.1 cm³/mol. The molecular formula is C16H14F2IN3Si. The fraction of sp³-hybridized carbons (Fsp3) is 0.125. The molecule has 0 aliphatic carbocycles. The lowest BCUT2D eigenvalue weighted by Gasteiger charge is -2.34. The van der Waals surface area contributed by atoms with Crippen LogP contribution in [-0.2, 0) is 5.16 Å². The third-order valence-electron chi connectivity index (χ3n) is 4.02. The number of hydrogen-bond acceptors (Lipinski definition) is 2. The van der Waals surface area contributed by atoms with Crippen LogP contribution in [-0.4, -0.2) is 24.3 Å². The fourth-order valence-corrected chi connectivity index (χ4v) is 5.71. The largest absolute Gasteiger partial charge is 0.230 e. The molecule has 0 unspecified atom stereocenters. The van der Waals surface area contributed by atoms with Gasteiger partial charge in [0.1, 0.15) is 18.0 Å². The summed E-state index contributed by atoms with van der Waals surface area (Å²) in [5.41, 5.74) is 1.87. The number of halogens is 3. The molecule has 0 amide bonds. The van der Waals surface area contributed by atoms with Crippen LogP contribution in [0, 0.1) is 15.5 Å². The minimum Gasteiger partial charge on any atom is -0.230 e. The highest BCUT2D eigenvalue weighted by Gasteiger charge is 2.37. The number of aromatic nitrogens is 3. The summed E-state index contributed by atoms with van der Waals surface area (Å²) in [6.45, 7) is 2.16. The molecule has 1 aromatic heterocycles. The van der Waals surface area contributed by atoms with Crippen molar-refractivity contribution in [2.24, 2.45) is 0 Å². The second-order valence-corrected chi connectivity index (χ2v) is 7.86. The molecule has 0 fully saturated rings. The first-order valence-corrected chi connectivity index (χ1v) is 10.4. The first kappa shape index (κ1) is 16.3. The van der Waals surface area contributed by atoms with E-state index in [1.165, 1.54) is 30.6 Å². The lowest BCUT2D eigenvalue weighted by Crippen LogP contribution is -2.43. The molecule has 1 heterocycles. The number of hydrogen-bond donors (Lipinski definition) is 0. The van der Waals surface area contributed by atoms with E-state index in [9.17, 15) is 8.78 Å². The van der Waals surface area contributed by atoms with Crippen molar-refractivity contribution >= 4 is 32.1 Å². The zero-order chi connectivity index (χ0) is 16.4. The van der Waals surface area contributed by atoms with Crippen LogP contribution < -0.4 is 0 Å². The Labute approximate surface area is 148 Å². The van der Waals surface area contributed by atoms with Gasteiger partial charge >= 0.3 is 0 Å². The smallest absolute Gasteiger partial charge is 0.190 e. The van der Waals surface area contributed by atoms with Gasteiger partial charge in [0.05, 0.1) is 14.7 Å². The van der Waals surface area contributed by atoms with Crippen LogP contribution in [0.15, 0.2) is 54.9 Å². The van der Waals surface area contributed by atoms with Crippen LogP contribution in [0.3, 0.4) is 0 Å². The van der Waals surface area contributed by atoms with E-state index in [-0.39, 0.29) is 11.6 Å². The molecule has 3 rings (SSSR count). The molecule has 0 bridgehead atoms. The molecule has 0 N–H and O–H groups in total. The number of nitrogens with zero attached hydrogens (tertiary/aromatic N) is 3. The normalized spacial score (nSPS) is 12.2. The summed E-state index contributed by atoms with van der Waals surface area (Å²) in [5, 5.41) is 3.87. The first-order chi connectivity index (χ1) is 11.1. The highest BCUT2D eigenvalue weighted by molar-refractivity contribution is 14.1. The van der Waals surface area contributed by atoms with Crippen molar-refractivity contribution in [1.82, 2.24) is 14.8 Å². The number of rotatable bonds is 4. The third-order valence-corrected chi connectivity index (χ3v) is 6.90. The van der Waals surface area contributed by atoms with Crippen LogP contribution >= 0.6 is 22.6 Å². The molecule has 0 saturated heterocycles. The van der Waals surface area contributed by atoms with Crippen molar-refractivity contribution in [3.05, 3.63) is 81.5 Å². The Kier molecular flexibility index (Phi) is 4.58. The Morgan fingerprint density at radius 2 is 1.43 bits per heavy atom. The highest BCUT2D eigenvalue weighted by Crippen LogP contribution is 2.34. The fourth-order valence-electron chi connectivity index (χ4n) is 2.90. The average molecular weight is 441 g/mol. The van der Waals surface area contributed by atoms with Crippen molar-refractivity contribution < 1.29 is 8.78 Å². The summed E-state index contributed by atoms with van der Waals surface area (Å²) in [6.07, 6.45) is 1.51. The van der Waals surface area contributed by atoms with Crippen LogP contribution in [0.2, 0.25) is 6.55 Å². The molecule has 0 atom stereocenters. The van der Waals surface area contributed by atoms with Crippen molar-refractivity contribution in [3.8, 4) is 0 Å². The molecule has 0 aliphatic rings. The van der Waals surface area contributed by atoms with Gasteiger partial charge in [-0.05, 0) is 35.4 Å². The zero-order valence-corrected chi connectivity index (χ0v) is 16.0. The van der Waals surface area contributed by atoms with E-state index in [4.69, 9.17) is 0 Å². The molecule has 2 aromatic carbocycles. The first-order valence-electron chi connectivity index (χ1n) is 7.16. The molecule has 7 heteroatoms. The van der Waals surface area contributed by atoms with E-state index in [1.54, 1.807) is 24.3 Å². The van der Waals surface area contributed by atoms with Gasteiger partial charge in [0.2, 0.25) is 0 Å². The van der Waals surface area contributed by atoms with Gasteiger partial charge in [0.15, 0.2) is 3.83 Å². The standard InChI is InChI=1S/C16H14F2IN3Si/c1-23-16(22-15(19)20-10-21-22,11-2-6-13(17)7-3-11)12-4-8-14(18)9-5-12/h2-10H,23H2,1H3. The van der Waals surface area contributed by atoms with Crippen LogP contribution in [0.25, 0.3) is 0 Å². The van der Waals surface area contributed by atoms with Gasteiger partial charge in [0, 0.05) is 22.6 Å². The number of benzene rings is 2. The summed E-state index contributed by atoms with van der Waals surface area (Å²) in [7, 11) is -0.780. The summed E-state index contributed by atoms with van der Waals surface area (Å²) in [5.74, 6) is -0.569. The summed E-state index contributed by atoms with van der Waals surface area (Å²) >= 11 is 2.13. The Hall–Kier alpha value is -1.61. The second-order valence-electron chi connectivity index (χ2n) is 5.17. The average Bonchev–Trinajstić information content (AvgIpc) is 2.98. The topological polar surface area (TPSA) is 30.7 Å². The molecule has 3 aromatic rings. The van der Waals surface area contributed by atoms with Gasteiger partial charge in [-0.1, -0.05) is 30.8 Å². The van der Waals surface area contributed by atoms with Crippen LogP contribution in [0.5, 0.6) is 0 Å². The Bertz CT molecular complexity index is 757. The van der Waals surface area contributed by atoms with Gasteiger partial charge in [-0.3, -0.25) is 0 Å². The molecule has 23 heavy (non-hydrogen) atoms. The van der Waals surface area contributed by atoms with E-state index in [0.29, 0.717) is 0 Å². The molecule has 0 saturated carbocycles. The van der Waals surface area contributed by atoms with Gasteiger partial charge in [0.25, 0.3) is 0 Å². The summed E-state index contributed by atoms with van der Waals surface area (Å²) < 4.78 is 29.4. The lowest BCUT2D eigenvalue weighted by atomic mass is 9.97. The van der Waals surface area contributed by atoms with Crippen LogP contribution in [0.1, 0.15) is 11.1 Å². The molecular weight excluding hydrogens is 427 g/mol. The minimum absolute atomic E-state index is 0.284. The Balaban J connectivity index is 2.29. The molecule has 0 aliphatic heterocycles. The predicted octanol–water partition coefficient (Wildman–Crippen LogP) is 3.13. The van der Waals surface area contributed by atoms with E-state index >= 15 is 0 Å². The van der Waals surface area contributed by atoms with Gasteiger partial charge < -0.3 is 0 Å². The van der Waals surface area contributed by atoms with Crippen molar-refractivity contribution in [2.75, 3.05) is 0 Å². The minimum atomic E-state index is -0.780. The zero-order valence-electron chi connectivity index (χ0n) is 12.4. The lowest BCUT2D eigenvalue weighted by molar-refractivity contribution is 0.509. The summed E-state index contributed by atoms with van der Waals surface area (Å²) in [6, 6.07) is 12.9.